The first-order chi connectivity index (χ1) is 7.72. The molecule has 0 aromatic heterocycles. The Balaban J connectivity index is 2.83. The highest BCUT2D eigenvalue weighted by molar-refractivity contribution is 5.29. The van der Waals surface area contributed by atoms with Crippen molar-refractivity contribution in [3.05, 3.63) is 29.8 Å². The fourth-order valence-corrected chi connectivity index (χ4v) is 1.78. The highest BCUT2D eigenvalue weighted by Gasteiger charge is 2.17. The first-order valence-corrected chi connectivity index (χ1v) is 5.71. The monoisotopic (exact) mass is 223 g/mol. The van der Waals surface area contributed by atoms with Crippen LogP contribution in [-0.2, 0) is 0 Å². The Morgan fingerprint density at radius 3 is 2.38 bits per heavy atom. The van der Waals surface area contributed by atoms with Gasteiger partial charge in [0.15, 0.2) is 0 Å². The molecule has 0 fully saturated rings. The molecule has 0 aliphatic rings. The first kappa shape index (κ1) is 13.0. The van der Waals surface area contributed by atoms with Gasteiger partial charge < -0.3 is 15.2 Å². The van der Waals surface area contributed by atoms with Crippen molar-refractivity contribution in [3.8, 4) is 5.75 Å². The Morgan fingerprint density at radius 2 is 1.94 bits per heavy atom. The van der Waals surface area contributed by atoms with Gasteiger partial charge in [-0.25, -0.2) is 0 Å². The van der Waals surface area contributed by atoms with Gasteiger partial charge >= 0.3 is 0 Å². The van der Waals surface area contributed by atoms with Crippen LogP contribution in [0, 0.1) is 5.92 Å². The van der Waals surface area contributed by atoms with Gasteiger partial charge in [0.05, 0.1) is 7.11 Å². The second-order valence-corrected chi connectivity index (χ2v) is 3.97. The lowest BCUT2D eigenvalue weighted by molar-refractivity contribution is 0.203. The molecule has 3 heteroatoms. The normalized spacial score (nSPS) is 14.5. The maximum Gasteiger partial charge on any atom is 0.118 e. The average Bonchev–Trinajstić information content (AvgIpc) is 2.35. The van der Waals surface area contributed by atoms with E-state index in [0.29, 0.717) is 0 Å². The number of ether oxygens (including phenoxy) is 1. The maximum atomic E-state index is 9.23. The SMILES string of the molecule is CCNC(c1ccc(OC)cc1)C(C)CO. The van der Waals surface area contributed by atoms with E-state index in [4.69, 9.17) is 4.74 Å². The van der Waals surface area contributed by atoms with Crippen molar-refractivity contribution in [1.82, 2.24) is 5.32 Å². The summed E-state index contributed by atoms with van der Waals surface area (Å²) in [5.41, 5.74) is 1.18. The van der Waals surface area contributed by atoms with E-state index in [2.05, 4.69) is 12.2 Å². The molecular weight excluding hydrogens is 202 g/mol. The van der Waals surface area contributed by atoms with Crippen molar-refractivity contribution in [3.63, 3.8) is 0 Å². The third kappa shape index (κ3) is 3.22. The van der Waals surface area contributed by atoms with Gasteiger partial charge in [-0.3, -0.25) is 0 Å². The number of methoxy groups -OCH3 is 1. The van der Waals surface area contributed by atoms with Crippen molar-refractivity contribution in [2.45, 2.75) is 19.9 Å². The summed E-state index contributed by atoms with van der Waals surface area (Å²) in [7, 11) is 1.66. The molecule has 0 saturated carbocycles. The molecule has 90 valence electrons. The van der Waals surface area contributed by atoms with E-state index in [1.165, 1.54) is 5.56 Å². The van der Waals surface area contributed by atoms with Crippen molar-refractivity contribution < 1.29 is 9.84 Å². The summed E-state index contributed by atoms with van der Waals surface area (Å²) >= 11 is 0. The molecule has 0 bridgehead atoms. The Hall–Kier alpha value is -1.06. The fraction of sp³-hybridized carbons (Fsp3) is 0.538. The number of rotatable bonds is 6. The topological polar surface area (TPSA) is 41.5 Å². The summed E-state index contributed by atoms with van der Waals surface area (Å²) in [6.45, 7) is 5.18. The first-order valence-electron chi connectivity index (χ1n) is 5.71. The summed E-state index contributed by atoms with van der Waals surface area (Å²) in [6, 6.07) is 8.17. The molecule has 3 nitrogen and oxygen atoms in total. The number of hydrogen-bond donors (Lipinski definition) is 2. The molecule has 16 heavy (non-hydrogen) atoms. The predicted octanol–water partition coefficient (Wildman–Crippen LogP) is 1.97. The molecule has 0 aliphatic carbocycles. The van der Waals surface area contributed by atoms with Crippen molar-refractivity contribution in [2.24, 2.45) is 5.92 Å². The van der Waals surface area contributed by atoms with E-state index in [-0.39, 0.29) is 18.6 Å². The van der Waals surface area contributed by atoms with Crippen LogP contribution in [0.4, 0.5) is 0 Å². The van der Waals surface area contributed by atoms with Crippen LogP contribution in [0.5, 0.6) is 5.75 Å². The van der Waals surface area contributed by atoms with Gasteiger partial charge in [0.2, 0.25) is 0 Å². The number of benzene rings is 1. The van der Waals surface area contributed by atoms with Gasteiger partial charge in [0.1, 0.15) is 5.75 Å². The zero-order valence-electron chi connectivity index (χ0n) is 10.2. The molecule has 2 unspecified atom stereocenters. The van der Waals surface area contributed by atoms with Crippen LogP contribution in [0.15, 0.2) is 24.3 Å². The minimum absolute atomic E-state index is 0.184. The second kappa shape index (κ2) is 6.51. The number of nitrogens with one attached hydrogen (secondary N) is 1. The van der Waals surface area contributed by atoms with Gasteiger partial charge in [-0.05, 0) is 30.2 Å². The third-order valence-corrected chi connectivity index (χ3v) is 2.76. The molecule has 0 heterocycles. The highest BCUT2D eigenvalue weighted by atomic mass is 16.5. The quantitative estimate of drug-likeness (QED) is 0.774. The Labute approximate surface area is 97.4 Å². The molecular formula is C13H21NO2. The number of aliphatic hydroxyl groups excluding tert-OH is 1. The lowest BCUT2D eigenvalue weighted by Crippen LogP contribution is -2.28. The van der Waals surface area contributed by atoms with E-state index in [9.17, 15) is 5.11 Å². The number of aliphatic hydroxyl groups is 1. The van der Waals surface area contributed by atoms with E-state index in [0.717, 1.165) is 12.3 Å². The van der Waals surface area contributed by atoms with E-state index < -0.39 is 0 Å². The van der Waals surface area contributed by atoms with E-state index >= 15 is 0 Å². The standard InChI is InChI=1S/C13H21NO2/c1-4-14-13(10(2)9-15)11-5-7-12(16-3)8-6-11/h5-8,10,13-15H,4,9H2,1-3H3. The number of hydrogen-bond acceptors (Lipinski definition) is 3. The van der Waals surface area contributed by atoms with Gasteiger partial charge in [0.25, 0.3) is 0 Å². The average molecular weight is 223 g/mol. The Morgan fingerprint density at radius 1 is 1.31 bits per heavy atom. The maximum absolute atomic E-state index is 9.23. The largest absolute Gasteiger partial charge is 0.497 e. The van der Waals surface area contributed by atoms with Crippen molar-refractivity contribution in [2.75, 3.05) is 20.3 Å². The molecule has 1 aromatic carbocycles. The fourth-order valence-electron chi connectivity index (χ4n) is 1.78. The minimum atomic E-state index is 0.184. The van der Waals surface area contributed by atoms with Crippen LogP contribution in [0.1, 0.15) is 25.5 Å². The smallest absolute Gasteiger partial charge is 0.118 e. The van der Waals surface area contributed by atoms with Crippen molar-refractivity contribution in [1.29, 1.82) is 0 Å². The molecule has 0 spiro atoms. The van der Waals surface area contributed by atoms with Crippen LogP contribution >= 0.6 is 0 Å². The lowest BCUT2D eigenvalue weighted by atomic mass is 9.95. The minimum Gasteiger partial charge on any atom is -0.497 e. The molecule has 0 amide bonds. The van der Waals surface area contributed by atoms with Gasteiger partial charge in [-0.2, -0.15) is 0 Å². The van der Waals surface area contributed by atoms with Gasteiger partial charge in [-0.1, -0.05) is 26.0 Å². The zero-order chi connectivity index (χ0) is 12.0. The summed E-state index contributed by atoms with van der Waals surface area (Å²) in [5, 5.41) is 12.6. The Kier molecular flexibility index (Phi) is 5.29. The molecule has 2 N–H and O–H groups in total. The van der Waals surface area contributed by atoms with Crippen LogP contribution in [0.2, 0.25) is 0 Å². The second-order valence-electron chi connectivity index (χ2n) is 3.97. The molecule has 2 atom stereocenters. The molecule has 1 rings (SSSR count). The van der Waals surface area contributed by atoms with Crippen LogP contribution in [0.25, 0.3) is 0 Å². The van der Waals surface area contributed by atoms with Crippen LogP contribution in [0.3, 0.4) is 0 Å². The summed E-state index contributed by atoms with van der Waals surface area (Å²) < 4.78 is 5.13. The van der Waals surface area contributed by atoms with E-state index in [1.807, 2.05) is 31.2 Å². The summed E-state index contributed by atoms with van der Waals surface area (Å²) in [4.78, 5) is 0. The lowest BCUT2D eigenvalue weighted by Gasteiger charge is -2.23. The Bertz CT molecular complexity index is 297. The van der Waals surface area contributed by atoms with Crippen LogP contribution in [-0.4, -0.2) is 25.4 Å². The van der Waals surface area contributed by atoms with Crippen molar-refractivity contribution >= 4 is 0 Å². The zero-order valence-corrected chi connectivity index (χ0v) is 10.2. The summed E-state index contributed by atoms with van der Waals surface area (Å²) in [6.07, 6.45) is 0. The molecule has 0 radical (unpaired) electrons. The molecule has 1 aromatic rings. The van der Waals surface area contributed by atoms with Gasteiger partial charge in [0, 0.05) is 12.6 Å². The predicted molar refractivity (Wildman–Crippen MR) is 65.7 cm³/mol. The molecule has 0 aliphatic heterocycles. The highest BCUT2D eigenvalue weighted by Crippen LogP contribution is 2.23. The van der Waals surface area contributed by atoms with Crippen LogP contribution < -0.4 is 10.1 Å². The molecule has 0 saturated heterocycles. The van der Waals surface area contributed by atoms with E-state index in [1.54, 1.807) is 7.11 Å². The van der Waals surface area contributed by atoms with Gasteiger partial charge in [-0.15, -0.1) is 0 Å². The third-order valence-electron chi connectivity index (χ3n) is 2.76. The summed E-state index contributed by atoms with van der Waals surface area (Å²) in [5.74, 6) is 1.06.